The summed E-state index contributed by atoms with van der Waals surface area (Å²) in [5.41, 5.74) is 0.968. The number of rotatable bonds is 5. The van der Waals surface area contributed by atoms with Crippen molar-refractivity contribution in [1.29, 1.82) is 0 Å². The maximum absolute atomic E-state index is 11.3. The first-order valence-corrected chi connectivity index (χ1v) is 6.26. The van der Waals surface area contributed by atoms with Crippen LogP contribution in [0.4, 0.5) is 0 Å². The molecule has 94 valence electrons. The molecule has 5 heteroatoms. The molecule has 0 bridgehead atoms. The van der Waals surface area contributed by atoms with E-state index in [9.17, 15) is 9.90 Å². The van der Waals surface area contributed by atoms with Gasteiger partial charge in [0.15, 0.2) is 0 Å². The van der Waals surface area contributed by atoms with Gasteiger partial charge in [0.2, 0.25) is 5.91 Å². The summed E-state index contributed by atoms with van der Waals surface area (Å²) in [4.78, 5) is 13.3. The zero-order chi connectivity index (χ0) is 12.8. The monoisotopic (exact) mass is 300 g/mol. The summed E-state index contributed by atoms with van der Waals surface area (Å²) in [6.07, 6.45) is 0. The van der Waals surface area contributed by atoms with Gasteiger partial charge in [0, 0.05) is 18.1 Å². The van der Waals surface area contributed by atoms with E-state index in [0.29, 0.717) is 13.1 Å². The van der Waals surface area contributed by atoms with E-state index >= 15 is 0 Å². The number of hydrogen-bond acceptors (Lipinski definition) is 3. The summed E-state index contributed by atoms with van der Waals surface area (Å²) in [6, 6.07) is 5.14. The molecule has 0 fully saturated rings. The molecule has 17 heavy (non-hydrogen) atoms. The highest BCUT2D eigenvalue weighted by Gasteiger charge is 2.10. The molecule has 1 aromatic carbocycles. The summed E-state index contributed by atoms with van der Waals surface area (Å²) in [5, 5.41) is 12.0. The minimum atomic E-state index is -0.0110. The number of benzene rings is 1. The fourth-order valence-electron chi connectivity index (χ4n) is 1.48. The molecule has 0 aromatic heterocycles. The van der Waals surface area contributed by atoms with Gasteiger partial charge < -0.3 is 10.4 Å². The first-order valence-electron chi connectivity index (χ1n) is 5.47. The number of nitrogens with one attached hydrogen (secondary N) is 1. The van der Waals surface area contributed by atoms with E-state index < -0.39 is 0 Å². The molecule has 0 heterocycles. The van der Waals surface area contributed by atoms with Crippen molar-refractivity contribution in [3.05, 3.63) is 28.2 Å². The Morgan fingerprint density at radius 2 is 2.24 bits per heavy atom. The van der Waals surface area contributed by atoms with Gasteiger partial charge in [-0.05, 0) is 30.3 Å². The molecule has 0 saturated heterocycles. The Hall–Kier alpha value is -1.07. The minimum absolute atomic E-state index is 0.0110. The smallest absolute Gasteiger partial charge is 0.233 e. The van der Waals surface area contributed by atoms with Crippen LogP contribution in [0.25, 0.3) is 0 Å². The molecular formula is C12H17BrN2O2. The second-order valence-electron chi connectivity index (χ2n) is 3.75. The van der Waals surface area contributed by atoms with Crippen molar-refractivity contribution in [1.82, 2.24) is 10.2 Å². The third kappa shape index (κ3) is 4.36. The third-order valence-corrected chi connectivity index (χ3v) is 3.29. The van der Waals surface area contributed by atoms with Crippen molar-refractivity contribution >= 4 is 21.8 Å². The second-order valence-corrected chi connectivity index (χ2v) is 4.61. The number of phenolic OH excluding ortho intramolecular Hbond substituents is 1. The number of carbonyl (C=O) groups is 1. The van der Waals surface area contributed by atoms with E-state index in [2.05, 4.69) is 21.2 Å². The zero-order valence-electron chi connectivity index (χ0n) is 10.0. The van der Waals surface area contributed by atoms with Crippen molar-refractivity contribution < 1.29 is 9.90 Å². The summed E-state index contributed by atoms with van der Waals surface area (Å²) in [7, 11) is 1.63. The molecule has 0 spiro atoms. The summed E-state index contributed by atoms with van der Waals surface area (Å²) in [6.45, 7) is 3.75. The van der Waals surface area contributed by atoms with Gasteiger partial charge in [0.05, 0.1) is 6.54 Å². The van der Waals surface area contributed by atoms with Gasteiger partial charge in [0.25, 0.3) is 0 Å². The van der Waals surface area contributed by atoms with Crippen molar-refractivity contribution in [2.45, 2.75) is 13.5 Å². The van der Waals surface area contributed by atoms with Gasteiger partial charge in [-0.15, -0.1) is 0 Å². The lowest BCUT2D eigenvalue weighted by Gasteiger charge is -2.20. The topological polar surface area (TPSA) is 52.6 Å². The van der Waals surface area contributed by atoms with Crippen LogP contribution in [0.15, 0.2) is 22.7 Å². The predicted molar refractivity (Wildman–Crippen MR) is 70.8 cm³/mol. The van der Waals surface area contributed by atoms with Crippen LogP contribution in [0.3, 0.4) is 0 Å². The lowest BCUT2D eigenvalue weighted by atomic mass is 10.2. The number of aromatic hydroxyl groups is 1. The van der Waals surface area contributed by atoms with Crippen LogP contribution in [-0.4, -0.2) is 36.1 Å². The van der Waals surface area contributed by atoms with Gasteiger partial charge in [-0.1, -0.05) is 22.9 Å². The summed E-state index contributed by atoms with van der Waals surface area (Å²) < 4.78 is 0.936. The molecule has 1 rings (SSSR count). The van der Waals surface area contributed by atoms with E-state index in [0.717, 1.165) is 16.6 Å². The minimum Gasteiger partial charge on any atom is -0.508 e. The van der Waals surface area contributed by atoms with Crippen LogP contribution in [-0.2, 0) is 11.3 Å². The average Bonchev–Trinajstić information content (AvgIpc) is 2.32. The van der Waals surface area contributed by atoms with Gasteiger partial charge in [-0.25, -0.2) is 0 Å². The number of nitrogens with zero attached hydrogens (tertiary/aromatic N) is 1. The van der Waals surface area contributed by atoms with Gasteiger partial charge in [-0.3, -0.25) is 9.69 Å². The average molecular weight is 301 g/mol. The van der Waals surface area contributed by atoms with E-state index in [-0.39, 0.29) is 11.7 Å². The Balaban J connectivity index is 2.73. The number of phenols is 1. The van der Waals surface area contributed by atoms with Crippen molar-refractivity contribution in [2.24, 2.45) is 0 Å². The number of hydrogen-bond donors (Lipinski definition) is 2. The van der Waals surface area contributed by atoms with Crippen LogP contribution < -0.4 is 5.32 Å². The van der Waals surface area contributed by atoms with Gasteiger partial charge in [0.1, 0.15) is 5.75 Å². The highest BCUT2D eigenvalue weighted by atomic mass is 79.9. The second kappa shape index (κ2) is 6.61. The maximum Gasteiger partial charge on any atom is 0.233 e. The van der Waals surface area contributed by atoms with Crippen molar-refractivity contribution in [3.8, 4) is 5.75 Å². The highest BCUT2D eigenvalue weighted by molar-refractivity contribution is 9.10. The fourth-order valence-corrected chi connectivity index (χ4v) is 1.86. The quantitative estimate of drug-likeness (QED) is 0.871. The molecule has 4 nitrogen and oxygen atoms in total. The molecule has 2 N–H and O–H groups in total. The lowest BCUT2D eigenvalue weighted by molar-refractivity contribution is -0.121. The largest absolute Gasteiger partial charge is 0.508 e. The SMILES string of the molecule is CCN(CC(=O)NC)Cc1cc(O)ccc1Br. The Bertz CT molecular complexity index is 396. The molecule has 0 radical (unpaired) electrons. The van der Waals surface area contributed by atoms with Crippen molar-refractivity contribution in [3.63, 3.8) is 0 Å². The Kier molecular flexibility index (Phi) is 5.44. The molecule has 0 atom stereocenters. The number of amides is 1. The van der Waals surface area contributed by atoms with E-state index in [1.54, 1.807) is 25.2 Å². The molecule has 0 aliphatic rings. The molecule has 0 aliphatic carbocycles. The summed E-state index contributed by atoms with van der Waals surface area (Å²) in [5.74, 6) is 0.224. The van der Waals surface area contributed by atoms with Crippen LogP contribution >= 0.6 is 15.9 Å². The number of likely N-dealkylation sites (N-methyl/N-ethyl adjacent to an activating group) is 2. The highest BCUT2D eigenvalue weighted by Crippen LogP contribution is 2.22. The Morgan fingerprint density at radius 1 is 1.53 bits per heavy atom. The van der Waals surface area contributed by atoms with E-state index in [4.69, 9.17) is 0 Å². The standard InChI is InChI=1S/C12H17BrN2O2/c1-3-15(8-12(17)14-2)7-9-6-10(16)4-5-11(9)13/h4-6,16H,3,7-8H2,1-2H3,(H,14,17). The molecule has 1 aromatic rings. The normalized spacial score (nSPS) is 10.6. The van der Waals surface area contributed by atoms with E-state index in [1.807, 2.05) is 11.8 Å². The van der Waals surface area contributed by atoms with Crippen molar-refractivity contribution in [2.75, 3.05) is 20.1 Å². The van der Waals surface area contributed by atoms with Crippen LogP contribution in [0.2, 0.25) is 0 Å². The first kappa shape index (κ1) is 14.0. The van der Waals surface area contributed by atoms with Gasteiger partial charge >= 0.3 is 0 Å². The summed E-state index contributed by atoms with van der Waals surface area (Å²) >= 11 is 3.43. The molecule has 0 aliphatic heterocycles. The van der Waals surface area contributed by atoms with Crippen LogP contribution in [0.5, 0.6) is 5.75 Å². The molecule has 0 unspecified atom stereocenters. The van der Waals surface area contributed by atoms with Crippen LogP contribution in [0.1, 0.15) is 12.5 Å². The fraction of sp³-hybridized carbons (Fsp3) is 0.417. The molecule has 1 amide bonds. The predicted octanol–water partition coefficient (Wildman–Crippen LogP) is 1.72. The molecular weight excluding hydrogens is 284 g/mol. The number of carbonyl (C=O) groups excluding carboxylic acids is 1. The Morgan fingerprint density at radius 3 is 2.82 bits per heavy atom. The number of halogens is 1. The van der Waals surface area contributed by atoms with E-state index in [1.165, 1.54) is 0 Å². The maximum atomic E-state index is 11.3. The van der Waals surface area contributed by atoms with Crippen LogP contribution in [0, 0.1) is 0 Å². The third-order valence-electron chi connectivity index (χ3n) is 2.52. The Labute approximate surface area is 110 Å². The molecule has 0 saturated carbocycles. The zero-order valence-corrected chi connectivity index (χ0v) is 11.6. The lowest BCUT2D eigenvalue weighted by Crippen LogP contribution is -2.35. The first-order chi connectivity index (χ1) is 8.06. The van der Waals surface area contributed by atoms with Gasteiger partial charge in [-0.2, -0.15) is 0 Å².